The Bertz CT molecular complexity index is 990. The summed E-state index contributed by atoms with van der Waals surface area (Å²) in [6, 6.07) is 14.0. The first-order chi connectivity index (χ1) is 15.0. The van der Waals surface area contributed by atoms with Gasteiger partial charge in [0.15, 0.2) is 0 Å². The van der Waals surface area contributed by atoms with E-state index < -0.39 is 0 Å². The van der Waals surface area contributed by atoms with Crippen LogP contribution < -0.4 is 0 Å². The Labute approximate surface area is 182 Å². The first-order valence-corrected chi connectivity index (χ1v) is 10.9. The molecule has 0 aliphatic carbocycles. The maximum Gasteiger partial charge on any atom is 0.277 e. The smallest absolute Gasteiger partial charge is 0.277 e. The van der Waals surface area contributed by atoms with Gasteiger partial charge in [0, 0.05) is 32.7 Å². The second-order valence-corrected chi connectivity index (χ2v) is 8.15. The van der Waals surface area contributed by atoms with Crippen LogP contribution in [0.1, 0.15) is 23.6 Å². The molecule has 2 aromatic carbocycles. The highest BCUT2D eigenvalue weighted by Crippen LogP contribution is 2.32. The topological polar surface area (TPSA) is 43.9 Å². The zero-order chi connectivity index (χ0) is 22.0. The van der Waals surface area contributed by atoms with Gasteiger partial charge in [-0.05, 0) is 43.1 Å². The zero-order valence-corrected chi connectivity index (χ0v) is 18.1. The van der Waals surface area contributed by atoms with E-state index in [0.717, 1.165) is 49.4 Å². The molecule has 0 N–H and O–H groups in total. The number of halogens is 1. The number of imide groups is 1. The van der Waals surface area contributed by atoms with E-state index in [4.69, 9.17) is 0 Å². The normalized spacial score (nSPS) is 17.8. The quantitative estimate of drug-likeness (QED) is 0.673. The summed E-state index contributed by atoms with van der Waals surface area (Å²) >= 11 is 0. The van der Waals surface area contributed by atoms with Crippen molar-refractivity contribution in [1.29, 1.82) is 0 Å². The summed E-state index contributed by atoms with van der Waals surface area (Å²) in [6.45, 7) is 8.59. The van der Waals surface area contributed by atoms with Gasteiger partial charge in [-0.2, -0.15) is 0 Å². The minimum Gasteiger partial charge on any atom is -0.364 e. The molecule has 2 heterocycles. The standard InChI is InChI=1S/C25H28FN3O2/c1-3-27-14-16-28(17-15-27)23-22(20-8-4-18(2)5-9-20)24(30)29(25(23)31)13-12-19-6-10-21(26)11-7-19/h4-11H,3,12-17H2,1-2H3. The van der Waals surface area contributed by atoms with Crippen LogP contribution in [0.15, 0.2) is 54.2 Å². The largest absolute Gasteiger partial charge is 0.364 e. The fraction of sp³-hybridized carbons (Fsp3) is 0.360. The van der Waals surface area contributed by atoms with Gasteiger partial charge < -0.3 is 9.80 Å². The van der Waals surface area contributed by atoms with Gasteiger partial charge in [-0.1, -0.05) is 48.9 Å². The Kier molecular flexibility index (Phi) is 6.18. The van der Waals surface area contributed by atoms with E-state index in [0.29, 0.717) is 17.7 Å². The molecule has 0 atom stereocenters. The van der Waals surface area contributed by atoms with Crippen LogP contribution in [0.2, 0.25) is 0 Å². The third-order valence-corrected chi connectivity index (χ3v) is 6.16. The van der Waals surface area contributed by atoms with Crippen LogP contribution in [0.5, 0.6) is 0 Å². The van der Waals surface area contributed by atoms with Crippen molar-refractivity contribution in [3.8, 4) is 0 Å². The lowest BCUT2D eigenvalue weighted by Gasteiger charge is -2.36. The molecule has 0 radical (unpaired) electrons. The second kappa shape index (κ2) is 9.02. The van der Waals surface area contributed by atoms with Crippen LogP contribution in [0.3, 0.4) is 0 Å². The number of nitrogens with zero attached hydrogens (tertiary/aromatic N) is 3. The minimum atomic E-state index is -0.297. The summed E-state index contributed by atoms with van der Waals surface area (Å²) in [6.07, 6.45) is 0.496. The molecule has 2 amide bonds. The molecule has 1 fully saturated rings. The number of rotatable bonds is 6. The van der Waals surface area contributed by atoms with Crippen LogP contribution in [0.25, 0.3) is 5.57 Å². The van der Waals surface area contributed by atoms with E-state index in [1.54, 1.807) is 12.1 Å². The van der Waals surface area contributed by atoms with E-state index in [9.17, 15) is 14.0 Å². The maximum atomic E-state index is 13.4. The maximum absolute atomic E-state index is 13.4. The third-order valence-electron chi connectivity index (χ3n) is 6.16. The molecule has 4 rings (SSSR count). The van der Waals surface area contributed by atoms with Gasteiger partial charge in [-0.25, -0.2) is 4.39 Å². The molecule has 0 saturated carbocycles. The van der Waals surface area contributed by atoms with E-state index in [1.165, 1.54) is 17.0 Å². The molecule has 162 valence electrons. The molecule has 31 heavy (non-hydrogen) atoms. The van der Waals surface area contributed by atoms with E-state index in [-0.39, 0.29) is 24.2 Å². The summed E-state index contributed by atoms with van der Waals surface area (Å²) in [5.74, 6) is -0.773. The number of hydrogen-bond donors (Lipinski definition) is 0. The summed E-state index contributed by atoms with van der Waals surface area (Å²) < 4.78 is 13.2. The van der Waals surface area contributed by atoms with Gasteiger partial charge >= 0.3 is 0 Å². The number of aryl methyl sites for hydroxylation is 1. The van der Waals surface area contributed by atoms with Crippen molar-refractivity contribution in [2.75, 3.05) is 39.3 Å². The summed E-state index contributed by atoms with van der Waals surface area (Å²) in [4.78, 5) is 32.6. The summed E-state index contributed by atoms with van der Waals surface area (Å²) in [7, 11) is 0. The highest BCUT2D eigenvalue weighted by molar-refractivity contribution is 6.35. The summed E-state index contributed by atoms with van der Waals surface area (Å²) in [5, 5.41) is 0. The monoisotopic (exact) mass is 421 g/mol. The molecule has 2 aliphatic rings. The predicted molar refractivity (Wildman–Crippen MR) is 119 cm³/mol. The van der Waals surface area contributed by atoms with Crippen LogP contribution in [-0.4, -0.2) is 65.8 Å². The van der Waals surface area contributed by atoms with Crippen molar-refractivity contribution < 1.29 is 14.0 Å². The van der Waals surface area contributed by atoms with Gasteiger partial charge in [0.25, 0.3) is 11.8 Å². The van der Waals surface area contributed by atoms with Crippen molar-refractivity contribution in [2.45, 2.75) is 20.3 Å². The number of hydrogen-bond acceptors (Lipinski definition) is 4. The molecule has 0 spiro atoms. The Hall–Kier alpha value is -2.99. The fourth-order valence-corrected chi connectivity index (χ4v) is 4.22. The van der Waals surface area contributed by atoms with E-state index >= 15 is 0 Å². The highest BCUT2D eigenvalue weighted by Gasteiger charge is 2.41. The zero-order valence-electron chi connectivity index (χ0n) is 18.1. The van der Waals surface area contributed by atoms with Gasteiger partial charge in [-0.3, -0.25) is 14.5 Å². The van der Waals surface area contributed by atoms with Crippen LogP contribution in [-0.2, 0) is 16.0 Å². The molecule has 6 heteroatoms. The Morgan fingerprint density at radius 2 is 1.52 bits per heavy atom. The first-order valence-electron chi connectivity index (χ1n) is 10.9. The molecule has 0 aromatic heterocycles. The minimum absolute atomic E-state index is 0.229. The second-order valence-electron chi connectivity index (χ2n) is 8.15. The number of carbonyl (C=O) groups excluding carboxylic acids is 2. The number of likely N-dealkylation sites (N-methyl/N-ethyl adjacent to an activating group) is 1. The van der Waals surface area contributed by atoms with Gasteiger partial charge in [0.2, 0.25) is 0 Å². The van der Waals surface area contributed by atoms with Gasteiger partial charge in [0.1, 0.15) is 11.5 Å². The summed E-state index contributed by atoms with van der Waals surface area (Å²) in [5.41, 5.74) is 3.79. The van der Waals surface area contributed by atoms with Crippen LogP contribution >= 0.6 is 0 Å². The predicted octanol–water partition coefficient (Wildman–Crippen LogP) is 3.09. The number of carbonyl (C=O) groups is 2. The van der Waals surface area contributed by atoms with E-state index in [1.807, 2.05) is 31.2 Å². The number of benzene rings is 2. The highest BCUT2D eigenvalue weighted by atomic mass is 19.1. The van der Waals surface area contributed by atoms with Crippen molar-refractivity contribution in [2.24, 2.45) is 0 Å². The van der Waals surface area contributed by atoms with Crippen LogP contribution in [0.4, 0.5) is 4.39 Å². The molecule has 5 nitrogen and oxygen atoms in total. The molecule has 2 aliphatic heterocycles. The lowest BCUT2D eigenvalue weighted by molar-refractivity contribution is -0.137. The lowest BCUT2D eigenvalue weighted by Crippen LogP contribution is -2.47. The molecule has 0 unspecified atom stereocenters. The SMILES string of the molecule is CCN1CCN(C2=C(c3ccc(C)cc3)C(=O)N(CCc3ccc(F)cc3)C2=O)CC1. The fourth-order valence-electron chi connectivity index (χ4n) is 4.22. The van der Waals surface area contributed by atoms with Crippen molar-refractivity contribution >= 4 is 17.4 Å². The Morgan fingerprint density at radius 1 is 0.871 bits per heavy atom. The Morgan fingerprint density at radius 3 is 2.13 bits per heavy atom. The van der Waals surface area contributed by atoms with Crippen molar-refractivity contribution in [3.63, 3.8) is 0 Å². The van der Waals surface area contributed by atoms with E-state index in [2.05, 4.69) is 16.7 Å². The third kappa shape index (κ3) is 4.39. The molecule has 2 aromatic rings. The van der Waals surface area contributed by atoms with Gasteiger partial charge in [-0.15, -0.1) is 0 Å². The molecule has 0 bridgehead atoms. The molecular weight excluding hydrogens is 393 g/mol. The van der Waals surface area contributed by atoms with Gasteiger partial charge in [0.05, 0.1) is 5.57 Å². The number of amides is 2. The molecular formula is C25H28FN3O2. The van der Waals surface area contributed by atoms with Crippen LogP contribution in [0, 0.1) is 12.7 Å². The van der Waals surface area contributed by atoms with Crippen molar-refractivity contribution in [1.82, 2.24) is 14.7 Å². The molecule has 1 saturated heterocycles. The Balaban J connectivity index is 1.61. The lowest BCUT2D eigenvalue weighted by atomic mass is 10.0. The average molecular weight is 422 g/mol. The number of piperazine rings is 1. The first kappa shape index (κ1) is 21.2. The van der Waals surface area contributed by atoms with Crippen molar-refractivity contribution in [3.05, 3.63) is 76.7 Å². The average Bonchev–Trinajstić information content (AvgIpc) is 3.03.